The van der Waals surface area contributed by atoms with Crippen molar-refractivity contribution in [3.63, 3.8) is 0 Å². The molecule has 2 aromatic carbocycles. The molecule has 0 amide bonds. The summed E-state index contributed by atoms with van der Waals surface area (Å²) in [6.45, 7) is 8.82. The molecule has 27 heavy (non-hydrogen) atoms. The lowest BCUT2D eigenvalue weighted by atomic mass is 9.59. The number of hydrogen-bond acceptors (Lipinski definition) is 1. The summed E-state index contributed by atoms with van der Waals surface area (Å²) in [5.41, 5.74) is 2.17. The van der Waals surface area contributed by atoms with Gasteiger partial charge in [-0.15, -0.1) is 0 Å². The molecule has 2 rings (SSSR count). The molecule has 0 saturated heterocycles. The molecule has 0 heterocycles. The van der Waals surface area contributed by atoms with Crippen LogP contribution >= 0.6 is 0 Å². The second-order valence-electron chi connectivity index (χ2n) is 8.55. The summed E-state index contributed by atoms with van der Waals surface area (Å²) < 4.78 is 0. The fourth-order valence-electron chi connectivity index (χ4n) is 4.51. The van der Waals surface area contributed by atoms with Crippen molar-refractivity contribution in [1.82, 2.24) is 0 Å². The van der Waals surface area contributed by atoms with Crippen molar-refractivity contribution in [2.45, 2.75) is 53.4 Å². The first-order valence-electron chi connectivity index (χ1n) is 10.2. The molecule has 2 aromatic rings. The fourth-order valence-corrected chi connectivity index (χ4v) is 4.51. The van der Waals surface area contributed by atoms with Gasteiger partial charge in [0.05, 0.1) is 5.92 Å². The van der Waals surface area contributed by atoms with Crippen LogP contribution in [-0.4, -0.2) is 11.1 Å². The summed E-state index contributed by atoms with van der Waals surface area (Å²) in [6, 6.07) is 20.5. The third kappa shape index (κ3) is 5.69. The fraction of sp³-hybridized carbons (Fsp3) is 0.480. The second-order valence-corrected chi connectivity index (χ2v) is 8.55. The first-order valence-corrected chi connectivity index (χ1v) is 10.2. The molecule has 2 atom stereocenters. The minimum absolute atomic E-state index is 0.230. The number of aliphatic carboxylic acids is 1. The largest absolute Gasteiger partial charge is 0.481 e. The third-order valence-corrected chi connectivity index (χ3v) is 5.93. The lowest BCUT2D eigenvalue weighted by molar-refractivity contribution is -0.149. The molecule has 2 heteroatoms. The van der Waals surface area contributed by atoms with Crippen molar-refractivity contribution < 1.29 is 9.90 Å². The van der Waals surface area contributed by atoms with Gasteiger partial charge in [-0.3, -0.25) is 4.79 Å². The van der Waals surface area contributed by atoms with Gasteiger partial charge < -0.3 is 5.11 Å². The highest BCUT2D eigenvalue weighted by molar-refractivity contribution is 5.71. The molecule has 0 saturated carbocycles. The quantitative estimate of drug-likeness (QED) is 0.539. The van der Waals surface area contributed by atoms with Crippen molar-refractivity contribution in [3.05, 3.63) is 71.8 Å². The Morgan fingerprint density at radius 1 is 0.889 bits per heavy atom. The maximum absolute atomic E-state index is 12.4. The zero-order chi connectivity index (χ0) is 19.9. The first kappa shape index (κ1) is 21.2. The van der Waals surface area contributed by atoms with Gasteiger partial charge in [-0.05, 0) is 54.1 Å². The Morgan fingerprint density at radius 3 is 1.85 bits per heavy atom. The van der Waals surface area contributed by atoms with E-state index in [1.165, 1.54) is 5.56 Å². The van der Waals surface area contributed by atoms with E-state index in [1.54, 1.807) is 0 Å². The van der Waals surface area contributed by atoms with Gasteiger partial charge in [0.15, 0.2) is 0 Å². The minimum Gasteiger partial charge on any atom is -0.481 e. The number of benzene rings is 2. The van der Waals surface area contributed by atoms with E-state index in [9.17, 15) is 9.90 Å². The van der Waals surface area contributed by atoms with E-state index in [0.29, 0.717) is 18.3 Å². The van der Waals surface area contributed by atoms with Gasteiger partial charge in [0.1, 0.15) is 0 Å². The van der Waals surface area contributed by atoms with Crippen LogP contribution in [0.1, 0.15) is 51.7 Å². The number of carbonyl (C=O) groups is 1. The number of carboxylic acid groups (broad SMARTS) is 1. The lowest BCUT2D eigenvalue weighted by Gasteiger charge is -2.44. The Kier molecular flexibility index (Phi) is 7.65. The molecule has 0 aromatic heterocycles. The summed E-state index contributed by atoms with van der Waals surface area (Å²) in [6.07, 6.45) is 3.35. The van der Waals surface area contributed by atoms with E-state index in [4.69, 9.17) is 0 Å². The molecule has 2 nitrogen and oxygen atoms in total. The Balaban J connectivity index is 2.38. The minimum atomic E-state index is -0.665. The van der Waals surface area contributed by atoms with Crippen LogP contribution in [0.2, 0.25) is 0 Å². The Bertz CT molecular complexity index is 691. The van der Waals surface area contributed by atoms with E-state index in [-0.39, 0.29) is 11.3 Å². The van der Waals surface area contributed by atoms with Crippen LogP contribution in [0.3, 0.4) is 0 Å². The van der Waals surface area contributed by atoms with Gasteiger partial charge in [0.25, 0.3) is 0 Å². The zero-order valence-corrected chi connectivity index (χ0v) is 17.2. The van der Waals surface area contributed by atoms with Crippen LogP contribution in [0, 0.1) is 23.2 Å². The van der Waals surface area contributed by atoms with Crippen LogP contribution in [0.25, 0.3) is 0 Å². The molecule has 0 radical (unpaired) electrons. The normalized spacial score (nSPS) is 14.9. The van der Waals surface area contributed by atoms with E-state index >= 15 is 0 Å². The maximum atomic E-state index is 12.4. The van der Waals surface area contributed by atoms with E-state index in [0.717, 1.165) is 24.8 Å². The molecule has 2 unspecified atom stereocenters. The lowest BCUT2D eigenvalue weighted by Crippen LogP contribution is -2.43. The van der Waals surface area contributed by atoms with Gasteiger partial charge in [-0.1, -0.05) is 88.4 Å². The van der Waals surface area contributed by atoms with Crippen LogP contribution in [0.4, 0.5) is 0 Å². The maximum Gasteiger partial charge on any atom is 0.307 e. The Labute approximate surface area is 164 Å². The van der Waals surface area contributed by atoms with Crippen molar-refractivity contribution in [2.75, 3.05) is 0 Å². The van der Waals surface area contributed by atoms with Crippen LogP contribution in [0.5, 0.6) is 0 Å². The molecule has 146 valence electrons. The Hall–Kier alpha value is -2.09. The zero-order valence-electron chi connectivity index (χ0n) is 17.2. The topological polar surface area (TPSA) is 37.3 Å². The molecular weight excluding hydrogens is 332 g/mol. The highest BCUT2D eigenvalue weighted by atomic mass is 16.4. The van der Waals surface area contributed by atoms with Gasteiger partial charge in [-0.25, -0.2) is 0 Å². The predicted molar refractivity (Wildman–Crippen MR) is 113 cm³/mol. The molecule has 0 spiro atoms. The van der Waals surface area contributed by atoms with E-state index < -0.39 is 5.97 Å². The SMILES string of the molecule is CC(C)CC(CCc1ccccc1)(C(C)C)C(Cc1ccccc1)C(=O)O. The summed E-state index contributed by atoms with van der Waals surface area (Å²) in [4.78, 5) is 12.4. The number of rotatable bonds is 10. The van der Waals surface area contributed by atoms with Gasteiger partial charge in [0, 0.05) is 0 Å². The summed E-state index contributed by atoms with van der Waals surface area (Å²) >= 11 is 0. The van der Waals surface area contributed by atoms with Gasteiger partial charge >= 0.3 is 5.97 Å². The summed E-state index contributed by atoms with van der Waals surface area (Å²) in [7, 11) is 0. The monoisotopic (exact) mass is 366 g/mol. The smallest absolute Gasteiger partial charge is 0.307 e. The van der Waals surface area contributed by atoms with Crippen LogP contribution in [0.15, 0.2) is 60.7 Å². The molecule has 0 aliphatic rings. The molecule has 0 aliphatic heterocycles. The first-order chi connectivity index (χ1) is 12.8. The van der Waals surface area contributed by atoms with Crippen molar-refractivity contribution in [2.24, 2.45) is 23.2 Å². The standard InChI is InChI=1S/C25H34O2/c1-19(2)18-25(20(3)4,16-15-21-11-7-5-8-12-21)23(24(26)27)17-22-13-9-6-10-14-22/h5-14,19-20,23H,15-18H2,1-4H3,(H,26,27). The molecule has 1 N–H and O–H groups in total. The van der Waals surface area contributed by atoms with Crippen molar-refractivity contribution >= 4 is 5.97 Å². The molecule has 0 fully saturated rings. The second kappa shape index (κ2) is 9.73. The number of carboxylic acids is 1. The van der Waals surface area contributed by atoms with Gasteiger partial charge in [0.2, 0.25) is 0 Å². The van der Waals surface area contributed by atoms with Crippen LogP contribution in [-0.2, 0) is 17.6 Å². The van der Waals surface area contributed by atoms with E-state index in [2.05, 4.69) is 52.0 Å². The highest BCUT2D eigenvalue weighted by Gasteiger charge is 2.45. The van der Waals surface area contributed by atoms with Crippen molar-refractivity contribution in [3.8, 4) is 0 Å². The summed E-state index contributed by atoms with van der Waals surface area (Å²) in [5, 5.41) is 10.2. The molecule has 0 aliphatic carbocycles. The Morgan fingerprint density at radius 2 is 1.41 bits per heavy atom. The van der Waals surface area contributed by atoms with Gasteiger partial charge in [-0.2, -0.15) is 0 Å². The molecular formula is C25H34O2. The highest BCUT2D eigenvalue weighted by Crippen LogP contribution is 2.47. The molecule has 0 bridgehead atoms. The average Bonchev–Trinajstić information content (AvgIpc) is 2.64. The van der Waals surface area contributed by atoms with Crippen molar-refractivity contribution in [1.29, 1.82) is 0 Å². The third-order valence-electron chi connectivity index (χ3n) is 5.93. The summed E-state index contributed by atoms with van der Waals surface area (Å²) in [5.74, 6) is -0.290. The van der Waals surface area contributed by atoms with E-state index in [1.807, 2.05) is 36.4 Å². The van der Waals surface area contributed by atoms with Crippen LogP contribution < -0.4 is 0 Å². The predicted octanol–water partition coefficient (Wildman–Crippen LogP) is 6.25. The number of hydrogen-bond donors (Lipinski definition) is 1. The average molecular weight is 367 g/mol. The number of aryl methyl sites for hydroxylation is 1.